The molecule has 4 heteroatoms. The summed E-state index contributed by atoms with van der Waals surface area (Å²) in [7, 11) is 0. The van der Waals surface area contributed by atoms with Crippen LogP contribution >= 0.6 is 0 Å². The first kappa shape index (κ1) is 19.2. The summed E-state index contributed by atoms with van der Waals surface area (Å²) < 4.78 is 0. The van der Waals surface area contributed by atoms with E-state index in [1.165, 1.54) is 0 Å². The first-order chi connectivity index (χ1) is 13.0. The van der Waals surface area contributed by atoms with Gasteiger partial charge in [-0.1, -0.05) is 44.2 Å². The Kier molecular flexibility index (Phi) is 5.64. The zero-order valence-electron chi connectivity index (χ0n) is 16.6. The lowest BCUT2D eigenvalue weighted by molar-refractivity contribution is -0.122. The number of carbonyl (C=O) groups excluding carboxylic acids is 2. The van der Waals surface area contributed by atoms with E-state index in [9.17, 15) is 9.59 Å². The summed E-state index contributed by atoms with van der Waals surface area (Å²) in [5, 5.41) is 3.12. The summed E-state index contributed by atoms with van der Waals surface area (Å²) in [5.74, 6) is -0.373. The van der Waals surface area contributed by atoms with Crippen molar-refractivity contribution in [3.05, 3.63) is 58.7 Å². The van der Waals surface area contributed by atoms with Gasteiger partial charge >= 0.3 is 0 Å². The molecule has 2 amide bonds. The Labute approximate surface area is 161 Å². The molecule has 1 heterocycles. The number of para-hydroxylation sites is 1. The minimum absolute atomic E-state index is 0.0170. The number of nitrogens with one attached hydrogen (secondary N) is 1. The number of carbonyl (C=O) groups is 2. The Morgan fingerprint density at radius 1 is 1.07 bits per heavy atom. The molecule has 1 aliphatic heterocycles. The fraction of sp³-hybridized carbons (Fsp3) is 0.391. The third-order valence-corrected chi connectivity index (χ3v) is 5.61. The lowest BCUT2D eigenvalue weighted by atomic mass is 10.0. The van der Waals surface area contributed by atoms with Crippen LogP contribution in [0, 0.1) is 19.8 Å². The van der Waals surface area contributed by atoms with E-state index in [2.05, 4.69) is 31.3 Å². The quantitative estimate of drug-likeness (QED) is 0.854. The van der Waals surface area contributed by atoms with Crippen LogP contribution in [-0.4, -0.2) is 18.4 Å². The second-order valence-corrected chi connectivity index (χ2v) is 7.27. The van der Waals surface area contributed by atoms with Gasteiger partial charge in [0.1, 0.15) is 0 Å². The van der Waals surface area contributed by atoms with Crippen LogP contribution in [-0.2, 0) is 22.4 Å². The first-order valence-electron chi connectivity index (χ1n) is 9.74. The van der Waals surface area contributed by atoms with Crippen LogP contribution in [0.3, 0.4) is 0 Å². The van der Waals surface area contributed by atoms with Crippen molar-refractivity contribution in [2.75, 3.05) is 16.8 Å². The lowest BCUT2D eigenvalue weighted by Gasteiger charge is -2.20. The maximum atomic E-state index is 12.9. The maximum absolute atomic E-state index is 12.9. The fourth-order valence-electron chi connectivity index (χ4n) is 3.77. The molecule has 0 saturated carbocycles. The Hall–Kier alpha value is -2.62. The molecule has 0 bridgehead atoms. The van der Waals surface area contributed by atoms with Crippen LogP contribution in [0.15, 0.2) is 36.4 Å². The Bertz CT molecular complexity index is 850. The standard InChI is InChI=1S/C23H28N2O2/c1-5-17-10-8-11-18(6-2)22(17)24-23(27)19-13-21(26)25(14-19)20-12-7-9-15(3)16(20)4/h7-12,19H,5-6,13-14H2,1-4H3,(H,24,27)/t19-/m1/s1. The molecule has 0 spiro atoms. The molecule has 0 aromatic heterocycles. The topological polar surface area (TPSA) is 49.4 Å². The van der Waals surface area contributed by atoms with Gasteiger partial charge in [-0.3, -0.25) is 9.59 Å². The zero-order chi connectivity index (χ0) is 19.6. The second kappa shape index (κ2) is 7.95. The van der Waals surface area contributed by atoms with Gasteiger partial charge in [0, 0.05) is 24.3 Å². The van der Waals surface area contributed by atoms with E-state index in [1.807, 2.05) is 38.1 Å². The van der Waals surface area contributed by atoms with Crippen molar-refractivity contribution in [2.45, 2.75) is 47.0 Å². The van der Waals surface area contributed by atoms with Crippen LogP contribution in [0.4, 0.5) is 11.4 Å². The largest absolute Gasteiger partial charge is 0.325 e. The van der Waals surface area contributed by atoms with Gasteiger partial charge in [0.15, 0.2) is 0 Å². The monoisotopic (exact) mass is 364 g/mol. The summed E-state index contributed by atoms with van der Waals surface area (Å²) in [5.41, 5.74) is 6.36. The number of benzene rings is 2. The molecule has 1 fully saturated rings. The van der Waals surface area contributed by atoms with E-state index in [-0.39, 0.29) is 24.2 Å². The summed E-state index contributed by atoms with van der Waals surface area (Å²) in [6.45, 7) is 8.68. The van der Waals surface area contributed by atoms with Crippen molar-refractivity contribution in [3.8, 4) is 0 Å². The minimum Gasteiger partial charge on any atom is -0.325 e. The van der Waals surface area contributed by atoms with Crippen LogP contribution < -0.4 is 10.2 Å². The summed E-state index contributed by atoms with van der Waals surface area (Å²) >= 11 is 0. The summed E-state index contributed by atoms with van der Waals surface area (Å²) in [6.07, 6.45) is 1.98. The van der Waals surface area contributed by atoms with Crippen molar-refractivity contribution < 1.29 is 9.59 Å². The van der Waals surface area contributed by atoms with Crippen molar-refractivity contribution in [2.24, 2.45) is 5.92 Å². The van der Waals surface area contributed by atoms with Crippen LogP contribution in [0.5, 0.6) is 0 Å². The third-order valence-electron chi connectivity index (χ3n) is 5.61. The molecule has 1 N–H and O–H groups in total. The molecular weight excluding hydrogens is 336 g/mol. The van der Waals surface area contributed by atoms with Crippen molar-refractivity contribution >= 4 is 23.2 Å². The number of hydrogen-bond donors (Lipinski definition) is 1. The number of hydrogen-bond acceptors (Lipinski definition) is 2. The molecule has 0 radical (unpaired) electrons. The van der Waals surface area contributed by atoms with Gasteiger partial charge in [0.05, 0.1) is 5.92 Å². The van der Waals surface area contributed by atoms with Gasteiger partial charge in [-0.05, 0) is 55.0 Å². The number of nitrogens with zero attached hydrogens (tertiary/aromatic N) is 1. The van der Waals surface area contributed by atoms with Crippen molar-refractivity contribution in [3.63, 3.8) is 0 Å². The fourth-order valence-corrected chi connectivity index (χ4v) is 3.77. The van der Waals surface area contributed by atoms with Gasteiger partial charge in [0.25, 0.3) is 0 Å². The Balaban J connectivity index is 1.80. The predicted octanol–water partition coefficient (Wildman–Crippen LogP) is 4.42. The Morgan fingerprint density at radius 3 is 2.33 bits per heavy atom. The molecule has 4 nitrogen and oxygen atoms in total. The SMILES string of the molecule is CCc1cccc(CC)c1NC(=O)[C@@H]1CC(=O)N(c2cccc(C)c2C)C1. The highest BCUT2D eigenvalue weighted by molar-refractivity contribution is 6.04. The van der Waals surface area contributed by atoms with E-state index in [1.54, 1.807) is 4.90 Å². The summed E-state index contributed by atoms with van der Waals surface area (Å²) in [4.78, 5) is 27.3. The number of amides is 2. The predicted molar refractivity (Wildman–Crippen MR) is 110 cm³/mol. The molecule has 2 aromatic carbocycles. The molecule has 1 saturated heterocycles. The molecule has 2 aromatic rings. The summed E-state index contributed by atoms with van der Waals surface area (Å²) in [6, 6.07) is 12.1. The van der Waals surface area contributed by atoms with E-state index < -0.39 is 0 Å². The average Bonchev–Trinajstić information content (AvgIpc) is 3.05. The smallest absolute Gasteiger partial charge is 0.229 e. The third kappa shape index (κ3) is 3.75. The van der Waals surface area contributed by atoms with Gasteiger partial charge in [-0.25, -0.2) is 0 Å². The molecule has 0 aliphatic carbocycles. The minimum atomic E-state index is -0.327. The molecule has 1 atom stereocenters. The average molecular weight is 364 g/mol. The Morgan fingerprint density at radius 2 is 1.70 bits per heavy atom. The van der Waals surface area contributed by atoms with Gasteiger partial charge in [0.2, 0.25) is 11.8 Å². The molecule has 1 aliphatic rings. The molecule has 27 heavy (non-hydrogen) atoms. The van der Waals surface area contributed by atoms with Gasteiger partial charge < -0.3 is 10.2 Å². The van der Waals surface area contributed by atoms with Crippen LogP contribution in [0.2, 0.25) is 0 Å². The number of anilines is 2. The van der Waals surface area contributed by atoms with Crippen molar-refractivity contribution in [1.29, 1.82) is 0 Å². The normalized spacial score (nSPS) is 16.7. The number of aryl methyl sites for hydroxylation is 3. The van der Waals surface area contributed by atoms with E-state index in [0.717, 1.165) is 46.5 Å². The van der Waals surface area contributed by atoms with Gasteiger partial charge in [-0.15, -0.1) is 0 Å². The maximum Gasteiger partial charge on any atom is 0.229 e. The van der Waals surface area contributed by atoms with Crippen LogP contribution in [0.25, 0.3) is 0 Å². The first-order valence-corrected chi connectivity index (χ1v) is 9.74. The highest BCUT2D eigenvalue weighted by atomic mass is 16.2. The molecule has 3 rings (SSSR count). The van der Waals surface area contributed by atoms with E-state index >= 15 is 0 Å². The van der Waals surface area contributed by atoms with Crippen LogP contribution in [0.1, 0.15) is 42.5 Å². The highest BCUT2D eigenvalue weighted by Gasteiger charge is 2.36. The number of rotatable bonds is 5. The zero-order valence-corrected chi connectivity index (χ0v) is 16.6. The second-order valence-electron chi connectivity index (χ2n) is 7.27. The lowest BCUT2D eigenvalue weighted by Crippen LogP contribution is -2.29. The molecule has 142 valence electrons. The van der Waals surface area contributed by atoms with E-state index in [4.69, 9.17) is 0 Å². The highest BCUT2D eigenvalue weighted by Crippen LogP contribution is 2.31. The van der Waals surface area contributed by atoms with Crippen molar-refractivity contribution in [1.82, 2.24) is 0 Å². The van der Waals surface area contributed by atoms with E-state index in [0.29, 0.717) is 6.54 Å². The molecular formula is C23H28N2O2. The molecule has 0 unspecified atom stereocenters. The van der Waals surface area contributed by atoms with Gasteiger partial charge in [-0.2, -0.15) is 0 Å².